The van der Waals surface area contributed by atoms with Gasteiger partial charge < -0.3 is 14.2 Å². The summed E-state index contributed by atoms with van der Waals surface area (Å²) in [6, 6.07) is 12.7. The predicted octanol–water partition coefficient (Wildman–Crippen LogP) is 4.84. The molecule has 146 valence electrons. The van der Waals surface area contributed by atoms with Crippen molar-refractivity contribution in [3.8, 4) is 11.5 Å². The largest absolute Gasteiger partial charge is 0.492 e. The van der Waals surface area contributed by atoms with E-state index < -0.39 is 0 Å². The molecule has 1 aliphatic heterocycles. The van der Waals surface area contributed by atoms with Crippen molar-refractivity contribution in [1.82, 2.24) is 0 Å². The maximum Gasteiger partial charge on any atom is 0.306 e. The third-order valence-electron chi connectivity index (χ3n) is 6.65. The van der Waals surface area contributed by atoms with Crippen LogP contribution in [0.25, 0.3) is 0 Å². The van der Waals surface area contributed by atoms with Crippen molar-refractivity contribution in [3.05, 3.63) is 58.7 Å². The Morgan fingerprint density at radius 3 is 2.86 bits per heavy atom. The van der Waals surface area contributed by atoms with Gasteiger partial charge in [-0.15, -0.1) is 0 Å². The lowest BCUT2D eigenvalue weighted by atomic mass is 9.91. The van der Waals surface area contributed by atoms with Crippen LogP contribution in [-0.2, 0) is 21.4 Å². The van der Waals surface area contributed by atoms with E-state index in [0.29, 0.717) is 18.4 Å². The van der Waals surface area contributed by atoms with Gasteiger partial charge in [0.1, 0.15) is 17.6 Å². The van der Waals surface area contributed by atoms with E-state index in [0.717, 1.165) is 29.9 Å². The summed E-state index contributed by atoms with van der Waals surface area (Å²) in [6.45, 7) is 2.89. The third kappa shape index (κ3) is 2.95. The Morgan fingerprint density at radius 1 is 1.21 bits per heavy atom. The standard InChI is InChI=1S/C24H26O4/c1-24(10-11-24)20-5-3-4-19-18(20)8-9-21(19)28-16-6-7-17-15(12-23(25)26-2)14-27-22(17)13-16/h3-7,13,15,21H,8-12,14H2,1-2H3/t15-,21-/m1/s1. The van der Waals surface area contributed by atoms with Crippen LogP contribution in [0.4, 0.5) is 0 Å². The minimum absolute atomic E-state index is 0.0607. The summed E-state index contributed by atoms with van der Waals surface area (Å²) < 4.78 is 17.0. The van der Waals surface area contributed by atoms with Crippen molar-refractivity contribution < 1.29 is 19.0 Å². The van der Waals surface area contributed by atoms with Crippen molar-refractivity contribution in [2.45, 2.75) is 56.5 Å². The fourth-order valence-electron chi connectivity index (χ4n) is 4.71. The number of rotatable bonds is 5. The molecule has 0 radical (unpaired) electrons. The van der Waals surface area contributed by atoms with E-state index in [1.165, 1.54) is 36.6 Å². The summed E-state index contributed by atoms with van der Waals surface area (Å²) in [4.78, 5) is 11.6. The van der Waals surface area contributed by atoms with Gasteiger partial charge in [0.05, 0.1) is 20.1 Å². The van der Waals surface area contributed by atoms with E-state index in [9.17, 15) is 4.79 Å². The molecule has 1 fully saturated rings. The fourth-order valence-corrected chi connectivity index (χ4v) is 4.71. The number of benzene rings is 2. The maximum atomic E-state index is 11.6. The maximum absolute atomic E-state index is 11.6. The Kier molecular flexibility index (Phi) is 4.11. The van der Waals surface area contributed by atoms with Crippen molar-refractivity contribution in [2.24, 2.45) is 0 Å². The lowest BCUT2D eigenvalue weighted by Gasteiger charge is -2.18. The highest BCUT2D eigenvalue weighted by molar-refractivity contribution is 5.71. The molecule has 2 aromatic rings. The van der Waals surface area contributed by atoms with Gasteiger partial charge in [-0.25, -0.2) is 0 Å². The molecule has 1 saturated carbocycles. The summed E-state index contributed by atoms with van der Waals surface area (Å²) in [7, 11) is 1.42. The van der Waals surface area contributed by atoms with Gasteiger partial charge in [0, 0.05) is 17.5 Å². The van der Waals surface area contributed by atoms with Gasteiger partial charge in [-0.05, 0) is 53.9 Å². The van der Waals surface area contributed by atoms with Crippen molar-refractivity contribution in [3.63, 3.8) is 0 Å². The monoisotopic (exact) mass is 378 g/mol. The molecule has 28 heavy (non-hydrogen) atoms. The molecule has 1 heterocycles. The quantitative estimate of drug-likeness (QED) is 0.698. The first kappa shape index (κ1) is 17.6. The van der Waals surface area contributed by atoms with Crippen molar-refractivity contribution >= 4 is 5.97 Å². The molecule has 3 aliphatic rings. The molecular weight excluding hydrogens is 352 g/mol. The van der Waals surface area contributed by atoms with Crippen LogP contribution in [0.2, 0.25) is 0 Å². The summed E-state index contributed by atoms with van der Waals surface area (Å²) in [5.41, 5.74) is 5.82. The molecule has 0 saturated heterocycles. The van der Waals surface area contributed by atoms with Crippen molar-refractivity contribution in [2.75, 3.05) is 13.7 Å². The average molecular weight is 378 g/mol. The van der Waals surface area contributed by atoms with E-state index in [2.05, 4.69) is 25.1 Å². The van der Waals surface area contributed by atoms with Gasteiger partial charge in [0.25, 0.3) is 0 Å². The minimum atomic E-state index is -0.204. The first-order chi connectivity index (χ1) is 13.6. The Balaban J connectivity index is 1.35. The Hall–Kier alpha value is -2.49. The molecular formula is C24H26O4. The second-order valence-corrected chi connectivity index (χ2v) is 8.57. The van der Waals surface area contributed by atoms with E-state index in [1.54, 1.807) is 0 Å². The van der Waals surface area contributed by atoms with Crippen LogP contribution in [-0.4, -0.2) is 19.7 Å². The number of fused-ring (bicyclic) bond motifs is 2. The van der Waals surface area contributed by atoms with Gasteiger partial charge in [-0.3, -0.25) is 4.79 Å². The van der Waals surface area contributed by atoms with Crippen LogP contribution in [0.1, 0.15) is 66.9 Å². The van der Waals surface area contributed by atoms with E-state index in [-0.39, 0.29) is 18.0 Å². The average Bonchev–Trinajstić information content (AvgIpc) is 3.15. The van der Waals surface area contributed by atoms with Crippen LogP contribution >= 0.6 is 0 Å². The molecule has 0 bridgehead atoms. The van der Waals surface area contributed by atoms with Gasteiger partial charge in [-0.1, -0.05) is 31.2 Å². The first-order valence-corrected chi connectivity index (χ1v) is 10.2. The topological polar surface area (TPSA) is 44.8 Å². The molecule has 0 N–H and O–H groups in total. The van der Waals surface area contributed by atoms with E-state index in [1.807, 2.05) is 18.2 Å². The summed E-state index contributed by atoms with van der Waals surface area (Å²) >= 11 is 0. The molecule has 0 spiro atoms. The predicted molar refractivity (Wildman–Crippen MR) is 106 cm³/mol. The Labute approximate surface area is 165 Å². The highest BCUT2D eigenvalue weighted by Crippen LogP contribution is 2.51. The van der Waals surface area contributed by atoms with Gasteiger partial charge in [0.2, 0.25) is 0 Å². The molecule has 2 aliphatic carbocycles. The second kappa shape index (κ2) is 6.54. The third-order valence-corrected chi connectivity index (χ3v) is 6.65. The number of methoxy groups -OCH3 is 1. The van der Waals surface area contributed by atoms with E-state index >= 15 is 0 Å². The van der Waals surface area contributed by atoms with Crippen LogP contribution < -0.4 is 9.47 Å². The Morgan fingerprint density at radius 2 is 2.07 bits per heavy atom. The molecule has 5 rings (SSSR count). The van der Waals surface area contributed by atoms with Crippen LogP contribution in [0.3, 0.4) is 0 Å². The number of esters is 1. The highest BCUT2D eigenvalue weighted by Gasteiger charge is 2.42. The number of carbonyl (C=O) groups is 1. The smallest absolute Gasteiger partial charge is 0.306 e. The second-order valence-electron chi connectivity index (χ2n) is 8.57. The van der Waals surface area contributed by atoms with E-state index in [4.69, 9.17) is 14.2 Å². The molecule has 0 aromatic heterocycles. The molecule has 2 aromatic carbocycles. The van der Waals surface area contributed by atoms with Crippen LogP contribution in [0.15, 0.2) is 36.4 Å². The minimum Gasteiger partial charge on any atom is -0.492 e. The van der Waals surface area contributed by atoms with Crippen LogP contribution in [0, 0.1) is 0 Å². The number of carbonyl (C=O) groups excluding carboxylic acids is 1. The Bertz CT molecular complexity index is 928. The summed E-state index contributed by atoms with van der Waals surface area (Å²) in [6.07, 6.45) is 5.15. The van der Waals surface area contributed by atoms with Crippen LogP contribution in [0.5, 0.6) is 11.5 Å². The number of ether oxygens (including phenoxy) is 3. The summed E-state index contributed by atoms with van der Waals surface area (Å²) in [5, 5.41) is 0. The van der Waals surface area contributed by atoms with Gasteiger partial charge in [0.15, 0.2) is 0 Å². The fraction of sp³-hybridized carbons (Fsp3) is 0.458. The van der Waals surface area contributed by atoms with Crippen molar-refractivity contribution in [1.29, 1.82) is 0 Å². The lowest BCUT2D eigenvalue weighted by Crippen LogP contribution is -2.09. The molecule has 2 atom stereocenters. The molecule has 4 heteroatoms. The summed E-state index contributed by atoms with van der Waals surface area (Å²) in [5.74, 6) is 1.51. The normalized spacial score (nSPS) is 23.5. The lowest BCUT2D eigenvalue weighted by molar-refractivity contribution is -0.141. The zero-order valence-electron chi connectivity index (χ0n) is 16.5. The van der Waals surface area contributed by atoms with Gasteiger partial charge >= 0.3 is 5.97 Å². The molecule has 4 nitrogen and oxygen atoms in total. The number of hydrogen-bond acceptors (Lipinski definition) is 4. The number of hydrogen-bond donors (Lipinski definition) is 0. The highest BCUT2D eigenvalue weighted by atomic mass is 16.5. The molecule has 0 unspecified atom stereocenters. The zero-order chi connectivity index (χ0) is 19.3. The first-order valence-electron chi connectivity index (χ1n) is 10.2. The molecule has 0 amide bonds. The zero-order valence-corrected chi connectivity index (χ0v) is 16.5. The van der Waals surface area contributed by atoms with Gasteiger partial charge in [-0.2, -0.15) is 0 Å². The SMILES string of the molecule is COC(=O)C[C@@H]1COc2cc(O[C@@H]3CCc4c3cccc4C3(C)CC3)ccc21.